The molecule has 1 aromatic heterocycles. The number of halogens is 1. The first-order valence-electron chi connectivity index (χ1n) is 7.59. The van der Waals surface area contributed by atoms with Crippen LogP contribution < -0.4 is 11.1 Å². The molecule has 5 nitrogen and oxygen atoms in total. The molecule has 0 radical (unpaired) electrons. The van der Waals surface area contributed by atoms with E-state index >= 15 is 0 Å². The van der Waals surface area contributed by atoms with Gasteiger partial charge in [0.15, 0.2) is 0 Å². The maximum atomic E-state index is 12.6. The minimum atomic E-state index is -0.431. The van der Waals surface area contributed by atoms with Crippen molar-refractivity contribution in [3.05, 3.63) is 17.5 Å². The molecule has 0 saturated carbocycles. The van der Waals surface area contributed by atoms with Crippen LogP contribution in [0.25, 0.3) is 0 Å². The Morgan fingerprint density at radius 2 is 2.19 bits per heavy atom. The number of nitrogens with one attached hydrogen (secondary N) is 1. The van der Waals surface area contributed by atoms with E-state index in [9.17, 15) is 4.79 Å². The quantitative estimate of drug-likeness (QED) is 0.874. The lowest BCUT2D eigenvalue weighted by Gasteiger charge is -2.32. The molecule has 120 valence electrons. The van der Waals surface area contributed by atoms with Crippen molar-refractivity contribution in [1.29, 1.82) is 0 Å². The van der Waals surface area contributed by atoms with Gasteiger partial charge in [-0.3, -0.25) is 9.48 Å². The fourth-order valence-corrected chi connectivity index (χ4v) is 3.12. The summed E-state index contributed by atoms with van der Waals surface area (Å²) in [5, 5.41) is 7.53. The SMILES string of the molecule is CCC(CC)(CN)C(=O)NC1CCCc2c1cnn2C.Cl. The summed E-state index contributed by atoms with van der Waals surface area (Å²) < 4.78 is 1.92. The summed E-state index contributed by atoms with van der Waals surface area (Å²) in [5.74, 6) is 0.0895. The second kappa shape index (κ2) is 7.27. The van der Waals surface area contributed by atoms with E-state index in [2.05, 4.69) is 10.4 Å². The molecule has 0 fully saturated rings. The van der Waals surface area contributed by atoms with Gasteiger partial charge in [0.25, 0.3) is 0 Å². The molecular weight excluding hydrogens is 288 g/mol. The predicted octanol–water partition coefficient (Wildman–Crippen LogP) is 2.10. The highest BCUT2D eigenvalue weighted by Crippen LogP contribution is 2.32. The van der Waals surface area contributed by atoms with Gasteiger partial charge in [0, 0.05) is 24.8 Å². The molecule has 0 aliphatic heterocycles. The first-order chi connectivity index (χ1) is 9.57. The third-order valence-electron chi connectivity index (χ3n) is 4.91. The summed E-state index contributed by atoms with van der Waals surface area (Å²) in [5.41, 5.74) is 7.84. The van der Waals surface area contributed by atoms with Crippen LogP contribution in [-0.4, -0.2) is 22.2 Å². The molecule has 1 amide bonds. The van der Waals surface area contributed by atoms with Crippen molar-refractivity contribution in [1.82, 2.24) is 15.1 Å². The number of nitrogens with zero attached hydrogens (tertiary/aromatic N) is 2. The molecular formula is C15H27ClN4O. The number of amides is 1. The Bertz CT molecular complexity index is 474. The predicted molar refractivity (Wildman–Crippen MR) is 86.3 cm³/mol. The first-order valence-corrected chi connectivity index (χ1v) is 7.59. The van der Waals surface area contributed by atoms with Gasteiger partial charge in [-0.15, -0.1) is 12.4 Å². The van der Waals surface area contributed by atoms with Crippen LogP contribution in [0.2, 0.25) is 0 Å². The van der Waals surface area contributed by atoms with Crippen LogP contribution in [0.3, 0.4) is 0 Å². The van der Waals surface area contributed by atoms with Crippen molar-refractivity contribution < 1.29 is 4.79 Å². The standard InChI is InChI=1S/C15H26N4O.ClH/c1-4-15(5-2,10-16)14(20)18-12-7-6-8-13-11(12)9-17-19(13)3;/h9,12H,4-8,10,16H2,1-3H3,(H,18,20);1H. The number of aromatic nitrogens is 2. The largest absolute Gasteiger partial charge is 0.349 e. The monoisotopic (exact) mass is 314 g/mol. The van der Waals surface area contributed by atoms with E-state index in [1.54, 1.807) is 0 Å². The fourth-order valence-electron chi connectivity index (χ4n) is 3.12. The number of carbonyl (C=O) groups excluding carboxylic acids is 1. The van der Waals surface area contributed by atoms with Crippen LogP contribution in [0.1, 0.15) is 56.8 Å². The number of fused-ring (bicyclic) bond motifs is 1. The number of nitrogens with two attached hydrogens (primary N) is 1. The first kappa shape index (κ1) is 18.0. The van der Waals surface area contributed by atoms with Gasteiger partial charge in [-0.2, -0.15) is 5.10 Å². The van der Waals surface area contributed by atoms with Crippen LogP contribution in [0.4, 0.5) is 0 Å². The van der Waals surface area contributed by atoms with Crippen molar-refractivity contribution >= 4 is 18.3 Å². The topological polar surface area (TPSA) is 72.9 Å². The van der Waals surface area contributed by atoms with Crippen molar-refractivity contribution in [3.8, 4) is 0 Å². The van der Waals surface area contributed by atoms with Crippen LogP contribution in [0.15, 0.2) is 6.20 Å². The number of hydrogen-bond donors (Lipinski definition) is 2. The van der Waals surface area contributed by atoms with E-state index < -0.39 is 5.41 Å². The Labute approximate surface area is 133 Å². The highest BCUT2D eigenvalue weighted by Gasteiger charge is 2.35. The van der Waals surface area contributed by atoms with Gasteiger partial charge in [-0.1, -0.05) is 13.8 Å². The van der Waals surface area contributed by atoms with Crippen molar-refractivity contribution in [2.75, 3.05) is 6.54 Å². The molecule has 0 saturated heterocycles. The summed E-state index contributed by atoms with van der Waals surface area (Å²) in [6.07, 6.45) is 6.56. The molecule has 1 aliphatic rings. The van der Waals surface area contributed by atoms with Gasteiger partial charge in [-0.05, 0) is 32.1 Å². The third kappa shape index (κ3) is 3.24. The summed E-state index contributed by atoms with van der Waals surface area (Å²) in [6, 6.07) is 0.0870. The Morgan fingerprint density at radius 3 is 2.76 bits per heavy atom. The Hall–Kier alpha value is -1.07. The summed E-state index contributed by atoms with van der Waals surface area (Å²) in [6.45, 7) is 4.47. The molecule has 1 atom stereocenters. The fraction of sp³-hybridized carbons (Fsp3) is 0.733. The van der Waals surface area contributed by atoms with Crippen molar-refractivity contribution in [2.24, 2.45) is 18.2 Å². The van der Waals surface area contributed by atoms with Gasteiger partial charge in [-0.25, -0.2) is 0 Å². The van der Waals surface area contributed by atoms with E-state index in [4.69, 9.17) is 5.73 Å². The summed E-state index contributed by atoms with van der Waals surface area (Å²) in [4.78, 5) is 12.6. The molecule has 1 aliphatic carbocycles. The molecule has 1 unspecified atom stereocenters. The zero-order valence-corrected chi connectivity index (χ0v) is 14.0. The second-order valence-corrected chi connectivity index (χ2v) is 5.78. The second-order valence-electron chi connectivity index (χ2n) is 5.78. The van der Waals surface area contributed by atoms with E-state index in [0.717, 1.165) is 32.1 Å². The lowest BCUT2D eigenvalue weighted by molar-refractivity contribution is -0.132. The van der Waals surface area contributed by atoms with E-state index in [0.29, 0.717) is 6.54 Å². The van der Waals surface area contributed by atoms with Crippen LogP contribution >= 0.6 is 12.4 Å². The number of carbonyl (C=O) groups is 1. The maximum absolute atomic E-state index is 12.6. The molecule has 0 bridgehead atoms. The summed E-state index contributed by atoms with van der Waals surface area (Å²) >= 11 is 0. The van der Waals surface area contributed by atoms with Crippen LogP contribution in [-0.2, 0) is 18.3 Å². The molecule has 1 aromatic rings. The smallest absolute Gasteiger partial charge is 0.227 e. The minimum Gasteiger partial charge on any atom is -0.349 e. The van der Waals surface area contributed by atoms with Gasteiger partial charge < -0.3 is 11.1 Å². The van der Waals surface area contributed by atoms with Crippen LogP contribution in [0, 0.1) is 5.41 Å². The maximum Gasteiger partial charge on any atom is 0.227 e. The molecule has 21 heavy (non-hydrogen) atoms. The number of rotatable bonds is 5. The van der Waals surface area contributed by atoms with Crippen molar-refractivity contribution in [2.45, 2.75) is 52.0 Å². The number of aryl methyl sites for hydroxylation is 1. The molecule has 2 rings (SSSR count). The van der Waals surface area contributed by atoms with E-state index in [-0.39, 0.29) is 24.4 Å². The van der Waals surface area contributed by atoms with Crippen molar-refractivity contribution in [3.63, 3.8) is 0 Å². The Balaban J connectivity index is 0.00000220. The van der Waals surface area contributed by atoms with Gasteiger partial charge in [0.2, 0.25) is 5.91 Å². The molecule has 6 heteroatoms. The molecule has 0 aromatic carbocycles. The highest BCUT2D eigenvalue weighted by atomic mass is 35.5. The van der Waals surface area contributed by atoms with Gasteiger partial charge >= 0.3 is 0 Å². The van der Waals surface area contributed by atoms with E-state index in [1.165, 1.54) is 11.3 Å². The Morgan fingerprint density at radius 1 is 1.52 bits per heavy atom. The number of hydrogen-bond acceptors (Lipinski definition) is 3. The zero-order chi connectivity index (χ0) is 14.8. The summed E-state index contributed by atoms with van der Waals surface area (Å²) in [7, 11) is 1.96. The third-order valence-corrected chi connectivity index (χ3v) is 4.91. The van der Waals surface area contributed by atoms with Gasteiger partial charge in [0.1, 0.15) is 0 Å². The lowest BCUT2D eigenvalue weighted by atomic mass is 9.80. The zero-order valence-electron chi connectivity index (χ0n) is 13.2. The lowest BCUT2D eigenvalue weighted by Crippen LogP contribution is -2.46. The average Bonchev–Trinajstić information content (AvgIpc) is 2.84. The average molecular weight is 315 g/mol. The molecule has 0 spiro atoms. The minimum absolute atomic E-state index is 0. The van der Waals surface area contributed by atoms with Crippen LogP contribution in [0.5, 0.6) is 0 Å². The molecule has 1 heterocycles. The molecule has 3 N–H and O–H groups in total. The van der Waals surface area contributed by atoms with Gasteiger partial charge in [0.05, 0.1) is 17.7 Å². The highest BCUT2D eigenvalue weighted by molar-refractivity contribution is 5.85. The Kier molecular flexibility index (Phi) is 6.23. The normalized spacial score (nSPS) is 17.8. The van der Waals surface area contributed by atoms with E-state index in [1.807, 2.05) is 31.8 Å².